The third kappa shape index (κ3) is 3.49. The van der Waals surface area contributed by atoms with Gasteiger partial charge < -0.3 is 14.2 Å². The molecule has 1 aliphatic heterocycles. The maximum absolute atomic E-state index is 12.9. The number of nitrogens with zero attached hydrogens (tertiary/aromatic N) is 3. The number of aromatic nitrogens is 2. The number of para-hydroxylation sites is 1. The Kier molecular flexibility index (Phi) is 5.07. The first-order valence-electron chi connectivity index (χ1n) is 9.91. The van der Waals surface area contributed by atoms with Gasteiger partial charge in [0.1, 0.15) is 5.75 Å². The second-order valence-corrected chi connectivity index (χ2v) is 7.76. The zero-order valence-electron chi connectivity index (χ0n) is 16.8. The molecule has 1 fully saturated rings. The van der Waals surface area contributed by atoms with Crippen LogP contribution in [0.1, 0.15) is 34.3 Å². The smallest absolute Gasteiger partial charge is 0.257 e. The molecule has 0 unspecified atom stereocenters. The average molecular weight is 377 g/mol. The number of benzene rings is 2. The van der Waals surface area contributed by atoms with Crippen molar-refractivity contribution in [2.45, 2.75) is 33.2 Å². The van der Waals surface area contributed by atoms with Gasteiger partial charge >= 0.3 is 0 Å². The average Bonchev–Trinajstić information content (AvgIpc) is 3.09. The van der Waals surface area contributed by atoms with Crippen molar-refractivity contribution >= 4 is 16.9 Å². The first-order chi connectivity index (χ1) is 13.6. The zero-order chi connectivity index (χ0) is 19.7. The van der Waals surface area contributed by atoms with Crippen molar-refractivity contribution in [2.24, 2.45) is 5.92 Å². The highest BCUT2D eigenvalue weighted by Gasteiger charge is 2.25. The Morgan fingerprint density at radius 1 is 1.14 bits per heavy atom. The molecule has 1 amide bonds. The van der Waals surface area contributed by atoms with Crippen molar-refractivity contribution < 1.29 is 9.53 Å². The van der Waals surface area contributed by atoms with Gasteiger partial charge in [-0.15, -0.1) is 0 Å². The van der Waals surface area contributed by atoms with Crippen LogP contribution in [0.25, 0.3) is 11.0 Å². The third-order valence-corrected chi connectivity index (χ3v) is 5.93. The van der Waals surface area contributed by atoms with Crippen molar-refractivity contribution in [1.29, 1.82) is 0 Å². The molecule has 1 aromatic heterocycles. The number of ether oxygens (including phenoxy) is 1. The zero-order valence-corrected chi connectivity index (χ0v) is 16.8. The van der Waals surface area contributed by atoms with E-state index >= 15 is 0 Å². The molecule has 4 rings (SSSR count). The second kappa shape index (κ2) is 7.66. The molecular weight excluding hydrogens is 350 g/mol. The van der Waals surface area contributed by atoms with E-state index in [9.17, 15) is 4.79 Å². The number of imidazole rings is 1. The Bertz CT molecular complexity index is 1000. The van der Waals surface area contributed by atoms with Gasteiger partial charge in [-0.3, -0.25) is 4.79 Å². The van der Waals surface area contributed by atoms with Gasteiger partial charge in [-0.2, -0.15) is 0 Å². The summed E-state index contributed by atoms with van der Waals surface area (Å²) in [7, 11) is 1.61. The van der Waals surface area contributed by atoms with Crippen LogP contribution in [0.15, 0.2) is 42.7 Å². The number of rotatable bonds is 4. The standard InChI is InChI=1S/C23H27N3O2/c1-16-12-20-21(13-17(16)2)26(15-24-20)14-18-8-10-25(11-9-18)23(27)19-6-4-5-7-22(19)28-3/h4-7,12-13,15,18H,8-11,14H2,1-3H3. The van der Waals surface area contributed by atoms with Crippen LogP contribution in [0.4, 0.5) is 0 Å². The van der Waals surface area contributed by atoms with E-state index in [1.807, 2.05) is 35.5 Å². The number of likely N-dealkylation sites (tertiary alicyclic amines) is 1. The van der Waals surface area contributed by atoms with Crippen LogP contribution in [0.3, 0.4) is 0 Å². The fourth-order valence-electron chi connectivity index (χ4n) is 4.05. The number of piperidine rings is 1. The highest BCUT2D eigenvalue weighted by atomic mass is 16.5. The number of carbonyl (C=O) groups excluding carboxylic acids is 1. The van der Waals surface area contributed by atoms with E-state index in [1.165, 1.54) is 16.6 Å². The summed E-state index contributed by atoms with van der Waals surface area (Å²) in [5.41, 5.74) is 5.49. The molecule has 5 heteroatoms. The third-order valence-electron chi connectivity index (χ3n) is 5.93. The fourth-order valence-corrected chi connectivity index (χ4v) is 4.05. The van der Waals surface area contributed by atoms with Crippen molar-refractivity contribution in [1.82, 2.24) is 14.5 Å². The van der Waals surface area contributed by atoms with Crippen LogP contribution in [0, 0.1) is 19.8 Å². The van der Waals surface area contributed by atoms with Crippen molar-refractivity contribution in [3.8, 4) is 5.75 Å². The molecule has 0 saturated carbocycles. The predicted octanol–water partition coefficient (Wildman–Crippen LogP) is 4.21. The largest absolute Gasteiger partial charge is 0.496 e. The van der Waals surface area contributed by atoms with E-state index in [0.29, 0.717) is 17.2 Å². The maximum atomic E-state index is 12.9. The number of fused-ring (bicyclic) bond motifs is 1. The molecule has 0 atom stereocenters. The lowest BCUT2D eigenvalue weighted by Gasteiger charge is -2.32. The highest BCUT2D eigenvalue weighted by Crippen LogP contribution is 2.26. The number of hydrogen-bond donors (Lipinski definition) is 0. The quantitative estimate of drug-likeness (QED) is 0.684. The molecule has 0 bridgehead atoms. The summed E-state index contributed by atoms with van der Waals surface area (Å²) in [6.45, 7) is 6.80. The molecule has 1 aliphatic rings. The second-order valence-electron chi connectivity index (χ2n) is 7.76. The predicted molar refractivity (Wildman–Crippen MR) is 111 cm³/mol. The number of carbonyl (C=O) groups is 1. The Morgan fingerprint density at radius 3 is 2.61 bits per heavy atom. The van der Waals surface area contributed by atoms with Crippen LogP contribution in [-0.4, -0.2) is 40.6 Å². The number of hydrogen-bond acceptors (Lipinski definition) is 3. The highest BCUT2D eigenvalue weighted by molar-refractivity contribution is 5.97. The monoisotopic (exact) mass is 377 g/mol. The van der Waals surface area contributed by atoms with Crippen LogP contribution in [0.5, 0.6) is 5.75 Å². The topological polar surface area (TPSA) is 47.4 Å². The lowest BCUT2D eigenvalue weighted by molar-refractivity contribution is 0.0680. The first kappa shape index (κ1) is 18.5. The van der Waals surface area contributed by atoms with E-state index in [4.69, 9.17) is 4.74 Å². The van der Waals surface area contributed by atoms with E-state index in [2.05, 4.69) is 35.5 Å². The molecule has 0 radical (unpaired) electrons. The number of amides is 1. The summed E-state index contributed by atoms with van der Waals surface area (Å²) < 4.78 is 7.62. The van der Waals surface area contributed by atoms with Gasteiger partial charge in [0.25, 0.3) is 5.91 Å². The van der Waals surface area contributed by atoms with Crippen molar-refractivity contribution in [3.05, 3.63) is 59.4 Å². The van der Waals surface area contributed by atoms with Gasteiger partial charge in [-0.05, 0) is 68.0 Å². The Balaban J connectivity index is 1.42. The molecule has 0 spiro atoms. The Hall–Kier alpha value is -2.82. The van der Waals surface area contributed by atoms with Crippen LogP contribution in [0.2, 0.25) is 0 Å². The molecule has 3 aromatic rings. The van der Waals surface area contributed by atoms with Gasteiger partial charge in [-0.25, -0.2) is 4.98 Å². The summed E-state index contributed by atoms with van der Waals surface area (Å²) in [5, 5.41) is 0. The van der Waals surface area contributed by atoms with Crippen molar-refractivity contribution in [3.63, 3.8) is 0 Å². The van der Waals surface area contributed by atoms with E-state index < -0.39 is 0 Å². The van der Waals surface area contributed by atoms with Crippen LogP contribution in [-0.2, 0) is 6.54 Å². The molecule has 5 nitrogen and oxygen atoms in total. The van der Waals surface area contributed by atoms with E-state index in [0.717, 1.165) is 38.0 Å². The SMILES string of the molecule is COc1ccccc1C(=O)N1CCC(Cn2cnc3cc(C)c(C)cc32)CC1. The molecule has 2 heterocycles. The van der Waals surface area contributed by atoms with Gasteiger partial charge in [0.05, 0.1) is 30.0 Å². The Labute approximate surface area is 165 Å². The van der Waals surface area contributed by atoms with Gasteiger partial charge in [0.15, 0.2) is 0 Å². The summed E-state index contributed by atoms with van der Waals surface area (Å²) in [6, 6.07) is 11.9. The minimum Gasteiger partial charge on any atom is -0.496 e. The lowest BCUT2D eigenvalue weighted by Crippen LogP contribution is -2.39. The maximum Gasteiger partial charge on any atom is 0.257 e. The number of methoxy groups -OCH3 is 1. The molecule has 146 valence electrons. The summed E-state index contributed by atoms with van der Waals surface area (Å²) in [4.78, 5) is 19.4. The normalized spacial score (nSPS) is 15.2. The molecule has 0 aliphatic carbocycles. The molecule has 1 saturated heterocycles. The van der Waals surface area contributed by atoms with E-state index in [1.54, 1.807) is 7.11 Å². The van der Waals surface area contributed by atoms with Gasteiger partial charge in [-0.1, -0.05) is 12.1 Å². The minimum atomic E-state index is 0.0649. The van der Waals surface area contributed by atoms with Gasteiger partial charge in [0, 0.05) is 19.6 Å². The van der Waals surface area contributed by atoms with Crippen LogP contribution >= 0.6 is 0 Å². The molecule has 2 aromatic carbocycles. The molecule has 0 N–H and O–H groups in total. The Morgan fingerprint density at radius 2 is 1.86 bits per heavy atom. The molecule has 28 heavy (non-hydrogen) atoms. The summed E-state index contributed by atoms with van der Waals surface area (Å²) in [5.74, 6) is 1.26. The summed E-state index contributed by atoms with van der Waals surface area (Å²) >= 11 is 0. The van der Waals surface area contributed by atoms with Crippen molar-refractivity contribution in [2.75, 3.05) is 20.2 Å². The van der Waals surface area contributed by atoms with Gasteiger partial charge in [0.2, 0.25) is 0 Å². The van der Waals surface area contributed by atoms with E-state index in [-0.39, 0.29) is 5.91 Å². The first-order valence-corrected chi connectivity index (χ1v) is 9.91. The molecular formula is C23H27N3O2. The fraction of sp³-hybridized carbons (Fsp3) is 0.391. The lowest BCUT2D eigenvalue weighted by atomic mass is 9.96. The van der Waals surface area contributed by atoms with Crippen LogP contribution < -0.4 is 4.74 Å². The summed E-state index contributed by atoms with van der Waals surface area (Å²) in [6.07, 6.45) is 3.96. The number of aryl methyl sites for hydroxylation is 2. The minimum absolute atomic E-state index is 0.0649.